The third-order valence-corrected chi connectivity index (χ3v) is 7.09. The van der Waals surface area contributed by atoms with Crippen LogP contribution in [0.15, 0.2) is 42.5 Å². The molecule has 7 heteroatoms. The molecule has 0 saturated heterocycles. The predicted molar refractivity (Wildman–Crippen MR) is 144 cm³/mol. The fourth-order valence-corrected chi connectivity index (χ4v) is 5.27. The van der Waals surface area contributed by atoms with Crippen LogP contribution in [0, 0.1) is 0 Å². The van der Waals surface area contributed by atoms with E-state index < -0.39 is 24.0 Å². The number of carbonyl (C=O) groups is 1. The molecule has 0 bridgehead atoms. The highest BCUT2D eigenvalue weighted by Crippen LogP contribution is 2.48. The molecule has 7 nitrogen and oxygen atoms in total. The second-order valence-electron chi connectivity index (χ2n) is 10.0. The number of Topliss-reactive ketones (excluding diaryl/α,β-unsaturated/α-hetero) is 1. The summed E-state index contributed by atoms with van der Waals surface area (Å²) in [5, 5.41) is 37.1. The highest BCUT2D eigenvalue weighted by molar-refractivity contribution is 5.76. The highest BCUT2D eigenvalue weighted by Gasteiger charge is 2.39. The second-order valence-corrected chi connectivity index (χ2v) is 10.0. The van der Waals surface area contributed by atoms with Crippen LogP contribution in [-0.2, 0) is 9.53 Å². The Labute approximate surface area is 221 Å². The van der Waals surface area contributed by atoms with Gasteiger partial charge in [0.1, 0.15) is 12.4 Å². The van der Waals surface area contributed by atoms with E-state index in [-0.39, 0.29) is 18.1 Å². The number of phenols is 1. The van der Waals surface area contributed by atoms with E-state index in [1.165, 1.54) is 6.92 Å². The number of aromatic hydroxyl groups is 1. The quantitative estimate of drug-likeness (QED) is 0.368. The van der Waals surface area contributed by atoms with Gasteiger partial charge < -0.3 is 29.9 Å². The van der Waals surface area contributed by atoms with Crippen LogP contribution < -0.4 is 20.0 Å². The molecule has 0 aliphatic heterocycles. The van der Waals surface area contributed by atoms with Crippen molar-refractivity contribution in [2.24, 2.45) is 0 Å². The fourth-order valence-electron chi connectivity index (χ4n) is 5.27. The van der Waals surface area contributed by atoms with Crippen LogP contribution >= 0.6 is 0 Å². The van der Waals surface area contributed by atoms with E-state index in [0.29, 0.717) is 18.7 Å². The first-order valence-electron chi connectivity index (χ1n) is 13.6. The highest BCUT2D eigenvalue weighted by atomic mass is 16.5. The van der Waals surface area contributed by atoms with E-state index in [2.05, 4.69) is 30.6 Å². The molecule has 2 aromatic rings. The van der Waals surface area contributed by atoms with Gasteiger partial charge in [-0.1, -0.05) is 39.0 Å². The zero-order chi connectivity index (χ0) is 26.9. The zero-order valence-corrected chi connectivity index (χ0v) is 22.7. The molecule has 2 unspecified atom stereocenters. The van der Waals surface area contributed by atoms with Crippen molar-refractivity contribution in [3.05, 3.63) is 53.6 Å². The molecule has 3 rings (SSSR count). The first-order valence-corrected chi connectivity index (χ1v) is 13.6. The third-order valence-electron chi connectivity index (χ3n) is 7.09. The molecule has 1 aliphatic rings. The second kappa shape index (κ2) is 13.8. The predicted octanol–water partition coefficient (Wildman–Crippen LogP) is 3.18. The summed E-state index contributed by atoms with van der Waals surface area (Å²) in [6, 6.07) is 13.0. The van der Waals surface area contributed by atoms with Crippen molar-refractivity contribution >= 4 is 17.2 Å². The van der Waals surface area contributed by atoms with Crippen molar-refractivity contribution in [2.45, 2.75) is 71.0 Å². The number of nitrogens with zero attached hydrogens (tertiary/aromatic N) is 2. The van der Waals surface area contributed by atoms with Gasteiger partial charge >= 0.3 is 0 Å². The number of hydrogen-bond acceptors (Lipinski definition) is 7. The van der Waals surface area contributed by atoms with Crippen LogP contribution in [0.4, 0.5) is 11.4 Å². The fraction of sp³-hybridized carbons (Fsp3) is 0.567. The number of hydrogen-bond donors (Lipinski definition) is 1. The van der Waals surface area contributed by atoms with Crippen LogP contribution in [0.3, 0.4) is 0 Å². The van der Waals surface area contributed by atoms with Gasteiger partial charge in [-0.15, -0.1) is 12.2 Å². The van der Waals surface area contributed by atoms with Gasteiger partial charge in [0.2, 0.25) is 0 Å². The van der Waals surface area contributed by atoms with Crippen molar-refractivity contribution in [3.63, 3.8) is 0 Å². The molecule has 1 saturated carbocycles. The van der Waals surface area contributed by atoms with Gasteiger partial charge in [-0.3, -0.25) is 4.79 Å². The number of carbonyl (C=O) groups excluding carboxylic acids is 1. The number of phenolic OH excluding ortho intramolecular Hbond substituents is 1. The summed E-state index contributed by atoms with van der Waals surface area (Å²) in [5.74, 6) is -1.34. The van der Waals surface area contributed by atoms with Gasteiger partial charge in [0.05, 0.1) is 6.61 Å². The van der Waals surface area contributed by atoms with E-state index in [4.69, 9.17) is 4.74 Å². The molecule has 0 amide bonds. The number of benzene rings is 2. The minimum Gasteiger partial charge on any atom is -0.851 e. The zero-order valence-electron chi connectivity index (χ0n) is 22.7. The molecule has 0 aromatic heterocycles. The summed E-state index contributed by atoms with van der Waals surface area (Å²) in [4.78, 5) is 15.5. The molecular formula is C30H42N2O5-2. The van der Waals surface area contributed by atoms with Crippen LogP contribution in [0.2, 0.25) is 0 Å². The van der Waals surface area contributed by atoms with Gasteiger partial charge in [0.25, 0.3) is 0 Å². The van der Waals surface area contributed by atoms with Crippen molar-refractivity contribution in [1.82, 2.24) is 0 Å². The Morgan fingerprint density at radius 2 is 1.38 bits per heavy atom. The van der Waals surface area contributed by atoms with Crippen molar-refractivity contribution in [1.29, 1.82) is 0 Å². The monoisotopic (exact) mass is 510 g/mol. The van der Waals surface area contributed by atoms with Gasteiger partial charge in [-0.25, -0.2) is 0 Å². The molecular weight excluding hydrogens is 468 g/mol. The van der Waals surface area contributed by atoms with Gasteiger partial charge in [-0.2, -0.15) is 0 Å². The molecule has 0 spiro atoms. The van der Waals surface area contributed by atoms with Crippen LogP contribution in [0.5, 0.6) is 5.75 Å². The normalized spacial score (nSPS) is 20.9. The largest absolute Gasteiger partial charge is 0.851 e. The van der Waals surface area contributed by atoms with E-state index in [1.54, 1.807) is 12.1 Å². The summed E-state index contributed by atoms with van der Waals surface area (Å²) < 4.78 is 5.42. The Morgan fingerprint density at radius 3 is 1.89 bits per heavy atom. The summed E-state index contributed by atoms with van der Waals surface area (Å²) in [5.41, 5.74) is 3.13. The lowest BCUT2D eigenvalue weighted by Crippen LogP contribution is -2.63. The molecule has 0 heterocycles. The number of ketones is 1. The SMILES string of the molecule is CCCN(CCC)c1ccc(C2C([O-])C(c3ccc(N(CCC)CCOCC(C)=O)cc3)C2[O-])c(O)c1. The number of rotatable bonds is 15. The Kier molecular flexibility index (Phi) is 10.8. The summed E-state index contributed by atoms with van der Waals surface area (Å²) >= 11 is 0. The molecule has 37 heavy (non-hydrogen) atoms. The minimum absolute atomic E-state index is 0.00347. The topological polar surface area (TPSA) is 99.1 Å². The average molecular weight is 511 g/mol. The maximum absolute atomic E-state index is 13.2. The summed E-state index contributed by atoms with van der Waals surface area (Å²) in [7, 11) is 0. The molecule has 1 aliphatic carbocycles. The van der Waals surface area contributed by atoms with Crippen LogP contribution in [0.25, 0.3) is 0 Å². The van der Waals surface area contributed by atoms with E-state index in [0.717, 1.165) is 55.8 Å². The standard InChI is InChI=1S/C30H42N2O5/c1-5-14-31(15-6-2)24-12-13-25(26(34)19-24)28-29(35)27(30(28)36)22-8-10-23(11-9-22)32(16-7-3)17-18-37-20-21(4)33/h8-13,19,27-30,34H,5-7,14-18,20H2,1-4H3/q-2. The number of anilines is 2. The van der Waals surface area contributed by atoms with Gasteiger partial charge in [0, 0.05) is 43.6 Å². The van der Waals surface area contributed by atoms with Gasteiger partial charge in [0.15, 0.2) is 5.78 Å². The maximum Gasteiger partial charge on any atom is 0.155 e. The summed E-state index contributed by atoms with van der Waals surface area (Å²) in [6.45, 7) is 11.7. The average Bonchev–Trinajstić information content (AvgIpc) is 2.87. The molecule has 1 N–H and O–H groups in total. The molecule has 204 valence electrons. The maximum atomic E-state index is 13.2. The lowest BCUT2D eigenvalue weighted by molar-refractivity contribution is -0.536. The lowest BCUT2D eigenvalue weighted by atomic mass is 9.63. The molecule has 2 atom stereocenters. The molecule has 1 fully saturated rings. The van der Waals surface area contributed by atoms with E-state index >= 15 is 0 Å². The lowest BCUT2D eigenvalue weighted by Gasteiger charge is -2.61. The van der Waals surface area contributed by atoms with Crippen molar-refractivity contribution in [2.75, 3.05) is 49.2 Å². The molecule has 2 aromatic carbocycles. The Balaban J connectivity index is 1.68. The molecule has 0 radical (unpaired) electrons. The third kappa shape index (κ3) is 7.03. The van der Waals surface area contributed by atoms with Crippen molar-refractivity contribution < 1.29 is 24.9 Å². The minimum atomic E-state index is -1.10. The van der Waals surface area contributed by atoms with Crippen LogP contribution in [0.1, 0.15) is 69.9 Å². The smallest absolute Gasteiger partial charge is 0.155 e. The Morgan fingerprint density at radius 1 is 0.838 bits per heavy atom. The van der Waals surface area contributed by atoms with Crippen molar-refractivity contribution in [3.8, 4) is 5.75 Å². The first kappa shape index (κ1) is 29.0. The van der Waals surface area contributed by atoms with Crippen LogP contribution in [-0.4, -0.2) is 62.5 Å². The van der Waals surface area contributed by atoms with Gasteiger partial charge in [-0.05, 0) is 67.3 Å². The first-order chi connectivity index (χ1) is 17.8. The van der Waals surface area contributed by atoms with E-state index in [9.17, 15) is 20.1 Å². The number of ether oxygens (including phenoxy) is 1. The van der Waals surface area contributed by atoms with E-state index in [1.807, 2.05) is 30.3 Å². The summed E-state index contributed by atoms with van der Waals surface area (Å²) in [6.07, 6.45) is 0.765. The Hall–Kier alpha value is -2.61. The Bertz CT molecular complexity index is 980.